The van der Waals surface area contributed by atoms with Gasteiger partial charge in [-0.25, -0.2) is 4.39 Å². The normalized spacial score (nSPS) is 38.2. The Labute approximate surface area is 62.1 Å². The molecule has 0 radical (unpaired) electrons. The largest absolute Gasteiger partial charge is 0.243 e. The zero-order valence-electron chi connectivity index (χ0n) is 6.52. The number of hydrogen-bond donors (Lipinski definition) is 0. The number of rotatable bonds is 0. The van der Waals surface area contributed by atoms with E-state index >= 15 is 0 Å². The van der Waals surface area contributed by atoms with Crippen molar-refractivity contribution in [1.29, 1.82) is 0 Å². The van der Waals surface area contributed by atoms with Crippen LogP contribution in [0.15, 0.2) is 12.2 Å². The molecule has 0 aromatic rings. The Hall–Kier alpha value is -0.330. The van der Waals surface area contributed by atoms with E-state index in [-0.39, 0.29) is 0 Å². The van der Waals surface area contributed by atoms with Gasteiger partial charge in [0.15, 0.2) is 0 Å². The van der Waals surface area contributed by atoms with Crippen molar-refractivity contribution in [3.8, 4) is 0 Å². The molecule has 58 valence electrons. The van der Waals surface area contributed by atoms with Crippen molar-refractivity contribution >= 4 is 0 Å². The summed E-state index contributed by atoms with van der Waals surface area (Å²) < 4.78 is 12.7. The predicted octanol–water partition coefficient (Wildman–Crippen LogP) is 3.09. The van der Waals surface area contributed by atoms with Gasteiger partial charge in [-0.2, -0.15) is 0 Å². The van der Waals surface area contributed by atoms with E-state index in [1.54, 1.807) is 6.08 Å². The monoisotopic (exact) mass is 142 g/mol. The summed E-state index contributed by atoms with van der Waals surface area (Å²) in [5.41, 5.74) is 0. The van der Waals surface area contributed by atoms with Crippen LogP contribution in [0.5, 0.6) is 0 Å². The lowest BCUT2D eigenvalue weighted by Crippen LogP contribution is -2.01. The summed E-state index contributed by atoms with van der Waals surface area (Å²) in [5, 5.41) is 0. The molecule has 0 fully saturated rings. The highest BCUT2D eigenvalue weighted by molar-refractivity contribution is 4.93. The Balaban J connectivity index is 2.42. The zero-order chi connectivity index (χ0) is 7.40. The Morgan fingerprint density at radius 1 is 1.20 bits per heavy atom. The molecule has 2 unspecified atom stereocenters. The molecule has 0 aromatic carbocycles. The molecule has 1 heteroatoms. The van der Waals surface area contributed by atoms with Gasteiger partial charge in [-0.3, -0.25) is 0 Å². The van der Waals surface area contributed by atoms with Gasteiger partial charge in [-0.1, -0.05) is 31.9 Å². The van der Waals surface area contributed by atoms with Crippen LogP contribution in [0.1, 0.15) is 32.6 Å². The fourth-order valence-electron chi connectivity index (χ4n) is 1.31. The third kappa shape index (κ3) is 2.51. The van der Waals surface area contributed by atoms with Gasteiger partial charge < -0.3 is 0 Å². The molecule has 2 atom stereocenters. The molecule has 10 heavy (non-hydrogen) atoms. The van der Waals surface area contributed by atoms with Crippen molar-refractivity contribution < 1.29 is 4.39 Å². The van der Waals surface area contributed by atoms with Gasteiger partial charge >= 0.3 is 0 Å². The standard InChI is InChI=1S/C9H15F/c1-8-4-2-3-5-9(10)7-6-8/h6-9H,2-5H2,1H3/b7-6-. The van der Waals surface area contributed by atoms with E-state index in [4.69, 9.17) is 0 Å². The van der Waals surface area contributed by atoms with Gasteiger partial charge in [0.2, 0.25) is 0 Å². The maximum absolute atomic E-state index is 12.7. The number of halogens is 1. The molecular formula is C9H15F. The van der Waals surface area contributed by atoms with Crippen LogP contribution in [0, 0.1) is 5.92 Å². The first-order chi connectivity index (χ1) is 4.79. The average molecular weight is 142 g/mol. The second-order valence-corrected chi connectivity index (χ2v) is 3.16. The van der Waals surface area contributed by atoms with Gasteiger partial charge in [0.05, 0.1) is 0 Å². The molecule has 0 nitrogen and oxygen atoms in total. The first kappa shape index (κ1) is 7.77. The SMILES string of the molecule is CC1/C=C\C(F)CCCC1. The summed E-state index contributed by atoms with van der Waals surface area (Å²) in [5.74, 6) is 0.582. The summed E-state index contributed by atoms with van der Waals surface area (Å²) in [6.07, 6.45) is 7.23. The van der Waals surface area contributed by atoms with Gasteiger partial charge in [0.25, 0.3) is 0 Å². The molecule has 0 spiro atoms. The summed E-state index contributed by atoms with van der Waals surface area (Å²) in [6, 6.07) is 0. The van der Waals surface area contributed by atoms with Crippen LogP contribution in [0.25, 0.3) is 0 Å². The van der Waals surface area contributed by atoms with Gasteiger partial charge in [-0.05, 0) is 18.8 Å². The molecule has 0 bridgehead atoms. The van der Waals surface area contributed by atoms with Crippen LogP contribution in [0.2, 0.25) is 0 Å². The van der Waals surface area contributed by atoms with Crippen molar-refractivity contribution in [2.24, 2.45) is 5.92 Å². The van der Waals surface area contributed by atoms with Crippen LogP contribution in [0.4, 0.5) is 4.39 Å². The smallest absolute Gasteiger partial charge is 0.118 e. The second-order valence-electron chi connectivity index (χ2n) is 3.16. The van der Waals surface area contributed by atoms with Crippen LogP contribution in [0.3, 0.4) is 0 Å². The predicted molar refractivity (Wildman–Crippen MR) is 41.7 cm³/mol. The van der Waals surface area contributed by atoms with Crippen molar-refractivity contribution in [3.63, 3.8) is 0 Å². The zero-order valence-corrected chi connectivity index (χ0v) is 6.52. The summed E-state index contributed by atoms with van der Waals surface area (Å²) in [6.45, 7) is 2.15. The fraction of sp³-hybridized carbons (Fsp3) is 0.778. The third-order valence-electron chi connectivity index (χ3n) is 2.04. The Kier molecular flexibility index (Phi) is 2.91. The quantitative estimate of drug-likeness (QED) is 0.456. The number of allylic oxidation sites excluding steroid dienone is 2. The van der Waals surface area contributed by atoms with E-state index in [9.17, 15) is 4.39 Å². The molecule has 0 heterocycles. The van der Waals surface area contributed by atoms with E-state index in [1.165, 1.54) is 12.8 Å². The van der Waals surface area contributed by atoms with Gasteiger partial charge in [-0.15, -0.1) is 0 Å². The first-order valence-electron chi connectivity index (χ1n) is 4.11. The molecule has 1 aliphatic carbocycles. The lowest BCUT2D eigenvalue weighted by molar-refractivity contribution is 0.353. The Morgan fingerprint density at radius 2 is 1.90 bits per heavy atom. The molecule has 1 rings (SSSR count). The lowest BCUT2D eigenvalue weighted by Gasteiger charge is -2.11. The van der Waals surface area contributed by atoms with Crippen molar-refractivity contribution in [2.75, 3.05) is 0 Å². The molecule has 0 aromatic heterocycles. The molecule has 0 aliphatic heterocycles. The minimum absolute atomic E-state index is 0.582. The first-order valence-corrected chi connectivity index (χ1v) is 4.11. The minimum Gasteiger partial charge on any atom is -0.243 e. The maximum atomic E-state index is 12.7. The van der Waals surface area contributed by atoms with Crippen molar-refractivity contribution in [3.05, 3.63) is 12.2 Å². The van der Waals surface area contributed by atoms with E-state index in [0.29, 0.717) is 5.92 Å². The number of hydrogen-bond acceptors (Lipinski definition) is 0. The molecule has 0 amide bonds. The van der Waals surface area contributed by atoms with Crippen molar-refractivity contribution in [1.82, 2.24) is 0 Å². The van der Waals surface area contributed by atoms with E-state index in [2.05, 4.69) is 6.92 Å². The molecule has 0 saturated carbocycles. The summed E-state index contributed by atoms with van der Waals surface area (Å²) in [7, 11) is 0. The van der Waals surface area contributed by atoms with E-state index in [0.717, 1.165) is 12.8 Å². The highest BCUT2D eigenvalue weighted by Crippen LogP contribution is 2.17. The summed E-state index contributed by atoms with van der Waals surface area (Å²) >= 11 is 0. The van der Waals surface area contributed by atoms with E-state index in [1.807, 2.05) is 6.08 Å². The lowest BCUT2D eigenvalue weighted by atomic mass is 9.98. The van der Waals surface area contributed by atoms with Crippen LogP contribution >= 0.6 is 0 Å². The average Bonchev–Trinajstić information content (AvgIpc) is 1.90. The highest BCUT2D eigenvalue weighted by atomic mass is 19.1. The van der Waals surface area contributed by atoms with Crippen molar-refractivity contribution in [2.45, 2.75) is 38.8 Å². The van der Waals surface area contributed by atoms with Crippen LogP contribution in [-0.4, -0.2) is 6.17 Å². The number of alkyl halides is 1. The third-order valence-corrected chi connectivity index (χ3v) is 2.04. The maximum Gasteiger partial charge on any atom is 0.118 e. The fourth-order valence-corrected chi connectivity index (χ4v) is 1.31. The minimum atomic E-state index is -0.678. The summed E-state index contributed by atoms with van der Waals surface area (Å²) in [4.78, 5) is 0. The molecule has 0 saturated heterocycles. The topological polar surface area (TPSA) is 0 Å². The highest BCUT2D eigenvalue weighted by Gasteiger charge is 2.06. The Morgan fingerprint density at radius 3 is 2.70 bits per heavy atom. The molecule has 0 N–H and O–H groups in total. The van der Waals surface area contributed by atoms with Gasteiger partial charge in [0, 0.05) is 0 Å². The molecule has 1 aliphatic rings. The van der Waals surface area contributed by atoms with Crippen LogP contribution in [-0.2, 0) is 0 Å². The van der Waals surface area contributed by atoms with E-state index < -0.39 is 6.17 Å². The van der Waals surface area contributed by atoms with Crippen LogP contribution < -0.4 is 0 Å². The molecular weight excluding hydrogens is 127 g/mol. The van der Waals surface area contributed by atoms with Gasteiger partial charge in [0.1, 0.15) is 6.17 Å². The Bertz CT molecular complexity index is 104. The second kappa shape index (κ2) is 3.75.